The molecule has 0 heterocycles. The first kappa shape index (κ1) is 18.7. The summed E-state index contributed by atoms with van der Waals surface area (Å²) in [6.45, 7) is 7.86. The lowest BCUT2D eigenvalue weighted by molar-refractivity contribution is 0.102. The van der Waals surface area contributed by atoms with E-state index >= 15 is 0 Å². The second-order valence-corrected chi connectivity index (χ2v) is 6.61. The Morgan fingerprint density at radius 1 is 1.12 bits per heavy atom. The summed E-state index contributed by atoms with van der Waals surface area (Å²) in [5, 5.41) is 2.91. The standard InChI is InChI=1S/C19H23IN2O2/c1-3-22(4-2)11-12-24-18-10-6-9-17(14-18)21-19(23)15-7-5-8-16(20)13-15/h5-10,13-14H,3-4,11-12H2,1-2H3,(H,21,23). The summed E-state index contributed by atoms with van der Waals surface area (Å²) in [6.07, 6.45) is 0. The van der Waals surface area contributed by atoms with Crippen LogP contribution >= 0.6 is 22.6 Å². The molecule has 0 aromatic heterocycles. The van der Waals surface area contributed by atoms with Crippen LogP contribution in [-0.2, 0) is 0 Å². The van der Waals surface area contributed by atoms with Gasteiger partial charge in [-0.25, -0.2) is 0 Å². The van der Waals surface area contributed by atoms with Gasteiger partial charge >= 0.3 is 0 Å². The minimum atomic E-state index is -0.117. The Morgan fingerprint density at radius 2 is 1.88 bits per heavy atom. The Labute approximate surface area is 157 Å². The van der Waals surface area contributed by atoms with E-state index in [0.717, 1.165) is 34.6 Å². The molecule has 0 aliphatic heterocycles. The molecule has 0 spiro atoms. The number of rotatable bonds is 8. The topological polar surface area (TPSA) is 41.6 Å². The van der Waals surface area contributed by atoms with Crippen LogP contribution in [0.15, 0.2) is 48.5 Å². The molecule has 0 aliphatic rings. The quantitative estimate of drug-likeness (QED) is 0.627. The van der Waals surface area contributed by atoms with Crippen LogP contribution in [0.5, 0.6) is 5.75 Å². The third kappa shape index (κ3) is 5.79. The average molecular weight is 438 g/mol. The van der Waals surface area contributed by atoms with Crippen molar-refractivity contribution in [2.75, 3.05) is 31.6 Å². The van der Waals surface area contributed by atoms with Gasteiger partial charge in [-0.15, -0.1) is 0 Å². The fraction of sp³-hybridized carbons (Fsp3) is 0.316. The van der Waals surface area contributed by atoms with Gasteiger partial charge in [0, 0.05) is 27.4 Å². The number of amides is 1. The van der Waals surface area contributed by atoms with Gasteiger partial charge in [-0.1, -0.05) is 26.0 Å². The van der Waals surface area contributed by atoms with Crippen molar-refractivity contribution in [3.05, 3.63) is 57.7 Å². The first-order valence-electron chi connectivity index (χ1n) is 8.14. The maximum atomic E-state index is 12.3. The third-order valence-electron chi connectivity index (χ3n) is 3.75. The number of nitrogens with zero attached hydrogens (tertiary/aromatic N) is 1. The van der Waals surface area contributed by atoms with Crippen molar-refractivity contribution in [3.8, 4) is 5.75 Å². The van der Waals surface area contributed by atoms with Crippen LogP contribution in [0.3, 0.4) is 0 Å². The van der Waals surface area contributed by atoms with Crippen molar-refractivity contribution in [2.24, 2.45) is 0 Å². The van der Waals surface area contributed by atoms with Gasteiger partial charge in [0.25, 0.3) is 5.91 Å². The fourth-order valence-corrected chi connectivity index (χ4v) is 2.87. The molecule has 2 rings (SSSR count). The minimum Gasteiger partial charge on any atom is -0.492 e. The number of anilines is 1. The van der Waals surface area contributed by atoms with E-state index in [0.29, 0.717) is 12.2 Å². The van der Waals surface area contributed by atoms with E-state index in [9.17, 15) is 4.79 Å². The Bertz CT molecular complexity index is 672. The van der Waals surface area contributed by atoms with Crippen LogP contribution < -0.4 is 10.1 Å². The molecule has 0 bridgehead atoms. The largest absolute Gasteiger partial charge is 0.492 e. The van der Waals surface area contributed by atoms with E-state index in [-0.39, 0.29) is 5.91 Å². The van der Waals surface area contributed by atoms with E-state index in [1.165, 1.54) is 0 Å². The maximum Gasteiger partial charge on any atom is 0.255 e. The van der Waals surface area contributed by atoms with Gasteiger partial charge in [-0.2, -0.15) is 0 Å². The smallest absolute Gasteiger partial charge is 0.255 e. The molecule has 0 radical (unpaired) electrons. The fourth-order valence-electron chi connectivity index (χ4n) is 2.33. The molecule has 0 unspecified atom stereocenters. The summed E-state index contributed by atoms with van der Waals surface area (Å²) in [4.78, 5) is 14.6. The lowest BCUT2D eigenvalue weighted by atomic mass is 10.2. The molecule has 0 saturated heterocycles. The van der Waals surface area contributed by atoms with E-state index < -0.39 is 0 Å². The molecule has 4 nitrogen and oxygen atoms in total. The van der Waals surface area contributed by atoms with Gasteiger partial charge in [0.05, 0.1) is 0 Å². The van der Waals surface area contributed by atoms with Crippen LogP contribution in [0.25, 0.3) is 0 Å². The van der Waals surface area contributed by atoms with Gasteiger partial charge < -0.3 is 15.0 Å². The summed E-state index contributed by atoms with van der Waals surface area (Å²) in [7, 11) is 0. The van der Waals surface area contributed by atoms with Crippen molar-refractivity contribution in [2.45, 2.75) is 13.8 Å². The monoisotopic (exact) mass is 438 g/mol. The van der Waals surface area contributed by atoms with E-state index in [4.69, 9.17) is 4.74 Å². The summed E-state index contributed by atoms with van der Waals surface area (Å²) in [5.74, 6) is 0.649. The number of halogens is 1. The Morgan fingerprint density at radius 3 is 2.58 bits per heavy atom. The van der Waals surface area contributed by atoms with Gasteiger partial charge in [-0.05, 0) is 66.0 Å². The van der Waals surface area contributed by atoms with E-state index in [1.807, 2.05) is 48.5 Å². The van der Waals surface area contributed by atoms with Crippen LogP contribution in [0.4, 0.5) is 5.69 Å². The number of hydrogen-bond donors (Lipinski definition) is 1. The van der Waals surface area contributed by atoms with Gasteiger partial charge in [-0.3, -0.25) is 4.79 Å². The summed E-state index contributed by atoms with van der Waals surface area (Å²) in [5.41, 5.74) is 1.38. The molecular weight excluding hydrogens is 415 g/mol. The minimum absolute atomic E-state index is 0.117. The molecule has 128 valence electrons. The molecule has 2 aromatic carbocycles. The summed E-state index contributed by atoms with van der Waals surface area (Å²) < 4.78 is 6.83. The molecular formula is C19H23IN2O2. The van der Waals surface area contributed by atoms with E-state index in [1.54, 1.807) is 0 Å². The van der Waals surface area contributed by atoms with Gasteiger partial charge in [0.2, 0.25) is 0 Å². The van der Waals surface area contributed by atoms with Crippen molar-refractivity contribution >= 4 is 34.2 Å². The lowest BCUT2D eigenvalue weighted by Crippen LogP contribution is -2.27. The number of hydrogen-bond acceptors (Lipinski definition) is 3. The number of carbonyl (C=O) groups excluding carboxylic acids is 1. The molecule has 0 saturated carbocycles. The molecule has 0 aliphatic carbocycles. The first-order chi connectivity index (χ1) is 11.6. The van der Waals surface area contributed by atoms with Crippen molar-refractivity contribution in [1.29, 1.82) is 0 Å². The highest BCUT2D eigenvalue weighted by Crippen LogP contribution is 2.18. The van der Waals surface area contributed by atoms with Gasteiger partial charge in [0.15, 0.2) is 0 Å². The molecule has 2 aromatic rings. The molecule has 5 heteroatoms. The van der Waals surface area contributed by atoms with Crippen LogP contribution in [0, 0.1) is 3.57 Å². The van der Waals surface area contributed by atoms with E-state index in [2.05, 4.69) is 46.7 Å². The highest BCUT2D eigenvalue weighted by atomic mass is 127. The van der Waals surface area contributed by atoms with Crippen molar-refractivity contribution < 1.29 is 9.53 Å². The number of likely N-dealkylation sites (N-methyl/N-ethyl adjacent to an activating group) is 1. The normalized spacial score (nSPS) is 10.7. The molecule has 0 atom stereocenters. The zero-order valence-electron chi connectivity index (χ0n) is 14.1. The summed E-state index contributed by atoms with van der Waals surface area (Å²) in [6, 6.07) is 15.0. The Balaban J connectivity index is 1.93. The average Bonchev–Trinajstić information content (AvgIpc) is 2.59. The number of ether oxygens (including phenoxy) is 1. The molecule has 1 amide bonds. The van der Waals surface area contributed by atoms with Crippen LogP contribution in [-0.4, -0.2) is 37.0 Å². The highest BCUT2D eigenvalue weighted by Gasteiger charge is 2.07. The molecule has 24 heavy (non-hydrogen) atoms. The number of carbonyl (C=O) groups is 1. The predicted octanol–water partition coefficient (Wildman–Crippen LogP) is 4.26. The number of nitrogens with one attached hydrogen (secondary N) is 1. The highest BCUT2D eigenvalue weighted by molar-refractivity contribution is 14.1. The zero-order chi connectivity index (χ0) is 17.4. The van der Waals surface area contributed by atoms with Gasteiger partial charge in [0.1, 0.15) is 12.4 Å². The molecule has 1 N–H and O–H groups in total. The van der Waals surface area contributed by atoms with Crippen molar-refractivity contribution in [3.63, 3.8) is 0 Å². The predicted molar refractivity (Wildman–Crippen MR) is 107 cm³/mol. The third-order valence-corrected chi connectivity index (χ3v) is 4.42. The number of benzene rings is 2. The zero-order valence-corrected chi connectivity index (χ0v) is 16.2. The lowest BCUT2D eigenvalue weighted by Gasteiger charge is -2.18. The second kappa shape index (κ2) is 9.64. The second-order valence-electron chi connectivity index (χ2n) is 5.37. The maximum absolute atomic E-state index is 12.3. The van der Waals surface area contributed by atoms with Crippen molar-refractivity contribution in [1.82, 2.24) is 4.90 Å². The Hall–Kier alpha value is -1.60. The molecule has 0 fully saturated rings. The SMILES string of the molecule is CCN(CC)CCOc1cccc(NC(=O)c2cccc(I)c2)c1. The first-order valence-corrected chi connectivity index (χ1v) is 9.22. The van der Waals surface area contributed by atoms with Crippen LogP contribution in [0.2, 0.25) is 0 Å². The summed E-state index contributed by atoms with van der Waals surface area (Å²) >= 11 is 2.20. The van der Waals surface area contributed by atoms with Crippen LogP contribution in [0.1, 0.15) is 24.2 Å². The Kier molecular flexibility index (Phi) is 7.52.